The van der Waals surface area contributed by atoms with Crippen LogP contribution in [-0.2, 0) is 4.79 Å². The molecule has 0 amide bonds. The molecule has 0 aliphatic heterocycles. The maximum atomic E-state index is 12.1. The van der Waals surface area contributed by atoms with Crippen molar-refractivity contribution in [3.05, 3.63) is 64.1 Å². The van der Waals surface area contributed by atoms with Gasteiger partial charge >= 0.3 is 0 Å². The van der Waals surface area contributed by atoms with Gasteiger partial charge in [-0.2, -0.15) is 0 Å². The fraction of sp³-hybridized carbons (Fsp3) is 0.235. The number of benzene rings is 2. The highest BCUT2D eigenvalue weighted by Gasteiger charge is 2.26. The van der Waals surface area contributed by atoms with Crippen LogP contribution >= 0.6 is 31.9 Å². The topological polar surface area (TPSA) is 26.3 Å². The van der Waals surface area contributed by atoms with Crippen molar-refractivity contribution in [1.29, 1.82) is 0 Å². The van der Waals surface area contributed by atoms with Crippen molar-refractivity contribution in [2.45, 2.75) is 17.7 Å². The summed E-state index contributed by atoms with van der Waals surface area (Å²) in [5.41, 5.74) is 2.06. The Morgan fingerprint density at radius 1 is 1.00 bits per heavy atom. The maximum absolute atomic E-state index is 12.1. The Morgan fingerprint density at radius 3 is 2.00 bits per heavy atom. The van der Waals surface area contributed by atoms with Crippen LogP contribution in [0, 0.1) is 0 Å². The SMILES string of the molecule is COc1ccc(C(C(C)=O)C(Br)c2ccc(Br)cc2)cc1. The first kappa shape index (κ1) is 16.2. The average molecular weight is 412 g/mol. The summed E-state index contributed by atoms with van der Waals surface area (Å²) in [7, 11) is 1.63. The van der Waals surface area contributed by atoms with Crippen LogP contribution in [0.1, 0.15) is 28.8 Å². The summed E-state index contributed by atoms with van der Waals surface area (Å²) in [6.45, 7) is 1.63. The highest BCUT2D eigenvalue weighted by atomic mass is 79.9. The zero-order chi connectivity index (χ0) is 15.4. The summed E-state index contributed by atoms with van der Waals surface area (Å²) < 4.78 is 6.19. The van der Waals surface area contributed by atoms with Crippen molar-refractivity contribution in [3.63, 3.8) is 0 Å². The second-order valence-corrected chi connectivity index (χ2v) is 6.72. The van der Waals surface area contributed by atoms with Crippen LogP contribution in [0.4, 0.5) is 0 Å². The molecule has 0 spiro atoms. The average Bonchev–Trinajstić information content (AvgIpc) is 2.48. The molecule has 2 unspecified atom stereocenters. The first-order chi connectivity index (χ1) is 10.0. The molecule has 0 aromatic heterocycles. The van der Waals surface area contributed by atoms with Crippen molar-refractivity contribution in [2.24, 2.45) is 0 Å². The second kappa shape index (κ2) is 7.23. The summed E-state index contributed by atoms with van der Waals surface area (Å²) >= 11 is 7.11. The van der Waals surface area contributed by atoms with Gasteiger partial charge in [0.2, 0.25) is 0 Å². The number of carbonyl (C=O) groups is 1. The van der Waals surface area contributed by atoms with Crippen LogP contribution in [-0.4, -0.2) is 12.9 Å². The Morgan fingerprint density at radius 2 is 1.52 bits per heavy atom. The fourth-order valence-corrected chi connectivity index (χ4v) is 3.51. The molecule has 0 bridgehead atoms. The number of carbonyl (C=O) groups excluding carboxylic acids is 1. The van der Waals surface area contributed by atoms with Crippen LogP contribution in [0.15, 0.2) is 53.0 Å². The van der Waals surface area contributed by atoms with Crippen molar-refractivity contribution in [1.82, 2.24) is 0 Å². The largest absolute Gasteiger partial charge is 0.497 e. The van der Waals surface area contributed by atoms with E-state index in [4.69, 9.17) is 4.74 Å². The van der Waals surface area contributed by atoms with Crippen LogP contribution in [0.25, 0.3) is 0 Å². The lowest BCUT2D eigenvalue weighted by molar-refractivity contribution is -0.118. The highest BCUT2D eigenvalue weighted by Crippen LogP contribution is 2.39. The predicted molar refractivity (Wildman–Crippen MR) is 92.2 cm³/mol. The van der Waals surface area contributed by atoms with E-state index in [0.717, 1.165) is 21.3 Å². The summed E-state index contributed by atoms with van der Waals surface area (Å²) in [6.07, 6.45) is 0. The van der Waals surface area contributed by atoms with E-state index in [2.05, 4.69) is 31.9 Å². The molecule has 0 saturated carbocycles. The third-order valence-electron chi connectivity index (χ3n) is 3.39. The molecule has 2 aromatic carbocycles. The minimum Gasteiger partial charge on any atom is -0.497 e. The molecule has 2 rings (SSSR count). The number of rotatable bonds is 5. The molecule has 21 heavy (non-hydrogen) atoms. The van der Waals surface area contributed by atoms with Gasteiger partial charge in [-0.1, -0.05) is 56.1 Å². The Kier molecular flexibility index (Phi) is 5.59. The quantitative estimate of drug-likeness (QED) is 0.626. The van der Waals surface area contributed by atoms with E-state index < -0.39 is 0 Å². The van der Waals surface area contributed by atoms with Gasteiger partial charge in [0.15, 0.2) is 0 Å². The number of hydrogen-bond donors (Lipinski definition) is 0. The Bertz CT molecular complexity index is 606. The molecule has 0 fully saturated rings. The molecular formula is C17H16Br2O2. The van der Waals surface area contributed by atoms with E-state index in [-0.39, 0.29) is 16.5 Å². The van der Waals surface area contributed by atoms with Crippen LogP contribution in [0.3, 0.4) is 0 Å². The lowest BCUT2D eigenvalue weighted by Gasteiger charge is -2.21. The number of methoxy groups -OCH3 is 1. The maximum Gasteiger partial charge on any atom is 0.138 e. The summed E-state index contributed by atoms with van der Waals surface area (Å²) in [4.78, 5) is 12.1. The standard InChI is InChI=1S/C17H16Br2O2/c1-11(20)16(12-5-9-15(21-2)10-6-12)17(19)13-3-7-14(18)8-4-13/h3-10,16-17H,1-2H3. The van der Waals surface area contributed by atoms with Gasteiger partial charge in [0.25, 0.3) is 0 Å². The second-order valence-electron chi connectivity index (χ2n) is 4.81. The van der Waals surface area contributed by atoms with Gasteiger partial charge in [0.1, 0.15) is 11.5 Å². The van der Waals surface area contributed by atoms with E-state index in [1.165, 1.54) is 0 Å². The Labute approximate surface area is 141 Å². The Balaban J connectivity index is 2.33. The summed E-state index contributed by atoms with van der Waals surface area (Å²) in [5, 5.41) is 0. The third kappa shape index (κ3) is 3.95. The number of alkyl halides is 1. The van der Waals surface area contributed by atoms with Crippen molar-refractivity contribution in [2.75, 3.05) is 7.11 Å². The minimum atomic E-state index is -0.225. The molecule has 0 saturated heterocycles. The molecule has 110 valence electrons. The molecular weight excluding hydrogens is 396 g/mol. The van der Waals surface area contributed by atoms with Gasteiger partial charge in [0, 0.05) is 4.47 Å². The van der Waals surface area contributed by atoms with E-state index in [1.54, 1.807) is 14.0 Å². The van der Waals surface area contributed by atoms with E-state index in [0.29, 0.717) is 0 Å². The van der Waals surface area contributed by atoms with Gasteiger partial charge < -0.3 is 4.74 Å². The van der Waals surface area contributed by atoms with Gasteiger partial charge in [-0.25, -0.2) is 0 Å². The number of Topliss-reactive ketones (excluding diaryl/α,β-unsaturated/α-hetero) is 1. The van der Waals surface area contributed by atoms with Gasteiger partial charge in [-0.05, 0) is 42.3 Å². The molecule has 2 atom stereocenters. The molecule has 4 heteroatoms. The van der Waals surface area contributed by atoms with E-state index >= 15 is 0 Å². The lowest BCUT2D eigenvalue weighted by Crippen LogP contribution is -2.14. The lowest BCUT2D eigenvalue weighted by atomic mass is 9.89. The van der Waals surface area contributed by atoms with Crippen LogP contribution < -0.4 is 4.74 Å². The highest BCUT2D eigenvalue weighted by molar-refractivity contribution is 9.10. The molecule has 2 aromatic rings. The monoisotopic (exact) mass is 410 g/mol. The van der Waals surface area contributed by atoms with Crippen LogP contribution in [0.2, 0.25) is 0 Å². The molecule has 0 N–H and O–H groups in total. The first-order valence-electron chi connectivity index (χ1n) is 6.57. The summed E-state index contributed by atoms with van der Waals surface area (Å²) in [5.74, 6) is 0.692. The molecule has 0 aliphatic rings. The van der Waals surface area contributed by atoms with Gasteiger partial charge in [-0.15, -0.1) is 0 Å². The number of hydrogen-bond acceptors (Lipinski definition) is 2. The molecule has 0 aliphatic carbocycles. The number of ketones is 1. The molecule has 0 heterocycles. The van der Waals surface area contributed by atoms with Crippen molar-refractivity contribution >= 4 is 37.6 Å². The summed E-state index contributed by atoms with van der Waals surface area (Å²) in [6, 6.07) is 15.6. The van der Waals surface area contributed by atoms with Crippen molar-refractivity contribution < 1.29 is 9.53 Å². The zero-order valence-electron chi connectivity index (χ0n) is 11.8. The molecule has 2 nitrogen and oxygen atoms in total. The van der Waals surface area contributed by atoms with Gasteiger partial charge in [-0.3, -0.25) is 4.79 Å². The third-order valence-corrected chi connectivity index (χ3v) is 4.98. The number of halogens is 2. The first-order valence-corrected chi connectivity index (χ1v) is 8.27. The van der Waals surface area contributed by atoms with E-state index in [9.17, 15) is 4.79 Å². The van der Waals surface area contributed by atoms with Crippen LogP contribution in [0.5, 0.6) is 5.75 Å². The normalized spacial score (nSPS) is 13.5. The predicted octanol–water partition coefficient (Wildman–Crippen LogP) is 5.27. The van der Waals surface area contributed by atoms with Crippen molar-refractivity contribution in [3.8, 4) is 5.75 Å². The zero-order valence-corrected chi connectivity index (χ0v) is 15.0. The fourth-order valence-electron chi connectivity index (χ4n) is 2.26. The van der Waals surface area contributed by atoms with E-state index in [1.807, 2.05) is 48.5 Å². The molecule has 0 radical (unpaired) electrons. The van der Waals surface area contributed by atoms with Gasteiger partial charge in [0.05, 0.1) is 17.9 Å². The number of ether oxygens (including phenoxy) is 1. The minimum absolute atomic E-state index is 0.0588. The smallest absolute Gasteiger partial charge is 0.138 e. The Hall–Kier alpha value is -1.13.